The van der Waals surface area contributed by atoms with Gasteiger partial charge in [0, 0.05) is 12.9 Å². The number of rotatable bonds is 5. The van der Waals surface area contributed by atoms with Crippen molar-refractivity contribution in [2.75, 3.05) is 19.5 Å². The van der Waals surface area contributed by atoms with Gasteiger partial charge in [-0.25, -0.2) is 8.42 Å². The van der Waals surface area contributed by atoms with Crippen molar-refractivity contribution in [3.05, 3.63) is 0 Å². The van der Waals surface area contributed by atoms with E-state index < -0.39 is 20.5 Å². The zero-order valence-corrected chi connectivity index (χ0v) is 9.95. The van der Waals surface area contributed by atoms with E-state index in [9.17, 15) is 8.42 Å². The number of sulfone groups is 1. The van der Waals surface area contributed by atoms with Gasteiger partial charge >= 0.3 is 0 Å². The lowest BCUT2D eigenvalue weighted by atomic mass is 10.1. The van der Waals surface area contributed by atoms with Crippen LogP contribution in [0.15, 0.2) is 0 Å². The zero-order chi connectivity index (χ0) is 11.0. The Hall–Kier alpha value is -0.200. The predicted molar refractivity (Wildman–Crippen MR) is 59.0 cm³/mol. The van der Waals surface area contributed by atoms with Crippen LogP contribution in [0, 0.1) is 5.41 Å². The molecule has 0 bridgehead atoms. The molecule has 2 N–H and O–H groups in total. The molecule has 0 saturated heterocycles. The fraction of sp³-hybridized carbons (Fsp3) is 0.875. The molecule has 0 heterocycles. The Labute approximate surface area is 89.7 Å². The molecule has 82 valence electrons. The highest BCUT2D eigenvalue weighted by atomic mass is 32.2. The van der Waals surface area contributed by atoms with Crippen LogP contribution < -0.4 is 5.73 Å². The summed E-state index contributed by atoms with van der Waals surface area (Å²) in [5.74, 6) is 0. The highest BCUT2D eigenvalue weighted by Crippen LogP contribution is 2.51. The second kappa shape index (κ2) is 3.75. The minimum atomic E-state index is -3.06. The third kappa shape index (κ3) is 2.07. The van der Waals surface area contributed by atoms with Gasteiger partial charge in [-0.15, -0.1) is 0 Å². The maximum Gasteiger partial charge on any atom is 0.151 e. The van der Waals surface area contributed by atoms with Gasteiger partial charge in [0.15, 0.2) is 9.84 Å². The van der Waals surface area contributed by atoms with E-state index in [1.807, 2.05) is 6.92 Å². The van der Waals surface area contributed by atoms with Crippen molar-refractivity contribution >= 4 is 27.0 Å². The van der Waals surface area contributed by atoms with E-state index in [-0.39, 0.29) is 4.99 Å². The van der Waals surface area contributed by atoms with Crippen LogP contribution in [0.5, 0.6) is 0 Å². The van der Waals surface area contributed by atoms with Gasteiger partial charge in [0.1, 0.15) is 0 Å². The monoisotopic (exact) mass is 237 g/mol. The number of hydrogen-bond acceptors (Lipinski definition) is 4. The lowest BCUT2D eigenvalue weighted by Gasteiger charge is -2.14. The van der Waals surface area contributed by atoms with E-state index in [0.717, 1.165) is 0 Å². The van der Waals surface area contributed by atoms with Gasteiger partial charge < -0.3 is 10.5 Å². The molecule has 2 atom stereocenters. The normalized spacial score (nSPS) is 31.4. The predicted octanol–water partition coefficient (Wildman–Crippen LogP) is 0.112. The molecule has 0 spiro atoms. The molecule has 0 radical (unpaired) electrons. The van der Waals surface area contributed by atoms with Gasteiger partial charge in [-0.05, 0) is 13.3 Å². The zero-order valence-electron chi connectivity index (χ0n) is 8.32. The Morgan fingerprint density at radius 3 is 2.57 bits per heavy atom. The van der Waals surface area contributed by atoms with E-state index >= 15 is 0 Å². The average molecular weight is 237 g/mol. The number of nitrogens with two attached hydrogens (primary N) is 1. The second-order valence-electron chi connectivity index (χ2n) is 3.68. The lowest BCUT2D eigenvalue weighted by Crippen LogP contribution is -2.32. The molecule has 0 amide bonds. The van der Waals surface area contributed by atoms with Crippen LogP contribution in [-0.2, 0) is 14.6 Å². The molecule has 6 heteroatoms. The van der Waals surface area contributed by atoms with Gasteiger partial charge in [-0.3, -0.25) is 0 Å². The second-order valence-corrected chi connectivity index (χ2v) is 6.35. The molecule has 0 aromatic heterocycles. The van der Waals surface area contributed by atoms with Crippen LogP contribution in [0.2, 0.25) is 0 Å². The molecule has 1 fully saturated rings. The Morgan fingerprint density at radius 1 is 1.71 bits per heavy atom. The molecular formula is C8H15NO3S2. The van der Waals surface area contributed by atoms with E-state index in [4.69, 9.17) is 22.7 Å². The highest BCUT2D eigenvalue weighted by molar-refractivity contribution is 7.91. The smallest absolute Gasteiger partial charge is 0.151 e. The van der Waals surface area contributed by atoms with Crippen molar-refractivity contribution in [2.24, 2.45) is 11.1 Å². The molecular weight excluding hydrogens is 222 g/mol. The quantitative estimate of drug-likeness (QED) is 0.687. The van der Waals surface area contributed by atoms with Crippen LogP contribution in [-0.4, -0.2) is 38.1 Å². The van der Waals surface area contributed by atoms with Gasteiger partial charge in [0.25, 0.3) is 0 Å². The minimum absolute atomic E-state index is 0.251. The molecule has 0 unspecified atom stereocenters. The van der Waals surface area contributed by atoms with Crippen LogP contribution in [0.25, 0.3) is 0 Å². The third-order valence-electron chi connectivity index (χ3n) is 2.58. The van der Waals surface area contributed by atoms with E-state index in [1.165, 1.54) is 6.26 Å². The molecule has 1 saturated carbocycles. The first-order valence-corrected chi connectivity index (χ1v) is 6.77. The van der Waals surface area contributed by atoms with Crippen molar-refractivity contribution in [3.63, 3.8) is 0 Å². The minimum Gasteiger partial charge on any atom is -0.393 e. The Kier molecular flexibility index (Phi) is 3.18. The standard InChI is InChI=1S/C8H15NO3S2/c1-3-12-5-8(7(9)13)4-6(8)14(2,10)11/h6H,3-5H2,1-2H3,(H2,9,13)/t6-,8+/m1/s1. The van der Waals surface area contributed by atoms with Crippen molar-refractivity contribution in [1.82, 2.24) is 0 Å². The first kappa shape index (κ1) is 11.9. The van der Waals surface area contributed by atoms with Crippen LogP contribution in [0.4, 0.5) is 0 Å². The molecule has 1 aliphatic carbocycles. The summed E-state index contributed by atoms with van der Waals surface area (Å²) < 4.78 is 27.8. The van der Waals surface area contributed by atoms with Gasteiger partial charge in [-0.1, -0.05) is 12.2 Å². The third-order valence-corrected chi connectivity index (χ3v) is 4.64. The molecule has 1 aliphatic rings. The molecule has 4 nitrogen and oxygen atoms in total. The molecule has 14 heavy (non-hydrogen) atoms. The average Bonchev–Trinajstić information content (AvgIpc) is 2.75. The van der Waals surface area contributed by atoms with Crippen molar-refractivity contribution in [1.29, 1.82) is 0 Å². The topological polar surface area (TPSA) is 69.4 Å². The van der Waals surface area contributed by atoms with Gasteiger partial charge in [0.2, 0.25) is 0 Å². The van der Waals surface area contributed by atoms with E-state index in [0.29, 0.717) is 19.6 Å². The largest absolute Gasteiger partial charge is 0.393 e. The Bertz CT molecular complexity index is 338. The Balaban J connectivity index is 2.76. The fourth-order valence-electron chi connectivity index (χ4n) is 1.60. The summed E-state index contributed by atoms with van der Waals surface area (Å²) in [5.41, 5.74) is 4.95. The number of ether oxygens (including phenoxy) is 1. The number of thiocarbonyl (C=S) groups is 1. The van der Waals surface area contributed by atoms with Crippen molar-refractivity contribution in [3.8, 4) is 0 Å². The first-order chi connectivity index (χ1) is 6.34. The van der Waals surface area contributed by atoms with Crippen molar-refractivity contribution in [2.45, 2.75) is 18.6 Å². The van der Waals surface area contributed by atoms with Crippen LogP contribution >= 0.6 is 12.2 Å². The molecule has 0 aromatic carbocycles. The molecule has 1 rings (SSSR count). The lowest BCUT2D eigenvalue weighted by molar-refractivity contribution is 0.123. The van der Waals surface area contributed by atoms with Crippen LogP contribution in [0.3, 0.4) is 0 Å². The van der Waals surface area contributed by atoms with Crippen molar-refractivity contribution < 1.29 is 13.2 Å². The summed E-state index contributed by atoms with van der Waals surface area (Å²) >= 11 is 4.89. The number of hydrogen-bond donors (Lipinski definition) is 1. The summed E-state index contributed by atoms with van der Waals surface area (Å²) in [6, 6.07) is 0. The first-order valence-electron chi connectivity index (χ1n) is 4.41. The molecule has 0 aliphatic heterocycles. The summed E-state index contributed by atoms with van der Waals surface area (Å²) in [7, 11) is -3.06. The summed E-state index contributed by atoms with van der Waals surface area (Å²) in [5, 5.41) is -0.445. The maximum atomic E-state index is 11.3. The summed E-state index contributed by atoms with van der Waals surface area (Å²) in [6.45, 7) is 2.71. The summed E-state index contributed by atoms with van der Waals surface area (Å²) in [4.78, 5) is 0.251. The highest BCUT2D eigenvalue weighted by Gasteiger charge is 2.62. The van der Waals surface area contributed by atoms with E-state index in [1.54, 1.807) is 0 Å². The van der Waals surface area contributed by atoms with Gasteiger partial charge in [0.05, 0.1) is 22.3 Å². The SMILES string of the molecule is CCOC[C@@]1(C(N)=S)C[C@H]1S(C)(=O)=O. The van der Waals surface area contributed by atoms with E-state index in [2.05, 4.69) is 0 Å². The fourth-order valence-corrected chi connectivity index (χ4v) is 3.57. The van der Waals surface area contributed by atoms with Crippen LogP contribution in [0.1, 0.15) is 13.3 Å². The Morgan fingerprint density at radius 2 is 2.29 bits per heavy atom. The summed E-state index contributed by atoms with van der Waals surface area (Å²) in [6.07, 6.45) is 1.71. The molecule has 0 aromatic rings. The maximum absolute atomic E-state index is 11.3. The van der Waals surface area contributed by atoms with Gasteiger partial charge in [-0.2, -0.15) is 0 Å².